The van der Waals surface area contributed by atoms with E-state index in [1.54, 1.807) is 24.3 Å². The number of esters is 2. The largest absolute Gasteiger partial charge is 0.455 e. The molecule has 6 heteroatoms. The Hall–Kier alpha value is -2.40. The summed E-state index contributed by atoms with van der Waals surface area (Å²) in [7, 11) is 0. The molecule has 0 aliphatic carbocycles. The van der Waals surface area contributed by atoms with Gasteiger partial charge in [0.05, 0.1) is 22.5 Å². The number of fused-ring (bicyclic) bond motifs is 2. The molecule has 21 heavy (non-hydrogen) atoms. The number of pyridine rings is 1. The van der Waals surface area contributed by atoms with Crippen molar-refractivity contribution in [3.63, 3.8) is 0 Å². The predicted molar refractivity (Wildman–Crippen MR) is 72.9 cm³/mol. The molecule has 0 saturated carbocycles. The summed E-state index contributed by atoms with van der Waals surface area (Å²) in [5, 5.41) is 0.575. The van der Waals surface area contributed by atoms with Gasteiger partial charge in [-0.15, -0.1) is 0 Å². The average molecular weight is 302 g/mol. The van der Waals surface area contributed by atoms with E-state index < -0.39 is 11.9 Å². The molecule has 0 N–H and O–H groups in total. The lowest BCUT2D eigenvalue weighted by molar-refractivity contribution is 0.0532. The maximum atomic E-state index is 12.0. The van der Waals surface area contributed by atoms with Crippen LogP contribution in [0.4, 0.5) is 0 Å². The number of aromatic nitrogens is 1. The van der Waals surface area contributed by atoms with Gasteiger partial charge in [-0.2, -0.15) is 0 Å². The Labute approximate surface area is 124 Å². The molecule has 1 aromatic carbocycles. The van der Waals surface area contributed by atoms with Crippen molar-refractivity contribution >= 4 is 23.5 Å². The molecule has 2 aliphatic rings. The third-order valence-electron chi connectivity index (χ3n) is 3.57. The fourth-order valence-electron chi connectivity index (χ4n) is 2.65. The number of halogens is 1. The van der Waals surface area contributed by atoms with Crippen molar-refractivity contribution in [1.82, 2.24) is 4.98 Å². The highest BCUT2D eigenvalue weighted by molar-refractivity contribution is 6.30. The zero-order chi connectivity index (χ0) is 14.6. The van der Waals surface area contributed by atoms with E-state index in [0.717, 1.165) is 0 Å². The molecule has 5 nitrogen and oxygen atoms in total. The third-order valence-corrected chi connectivity index (χ3v) is 3.82. The second-order valence-electron chi connectivity index (χ2n) is 4.79. The van der Waals surface area contributed by atoms with Crippen LogP contribution in [0, 0.1) is 0 Å². The second-order valence-corrected chi connectivity index (χ2v) is 5.23. The molecule has 0 saturated heterocycles. The summed E-state index contributed by atoms with van der Waals surface area (Å²) in [4.78, 5) is 28.3. The summed E-state index contributed by atoms with van der Waals surface area (Å²) in [6, 6.07) is 6.93. The minimum Gasteiger partial charge on any atom is -0.455 e. The number of rotatable bonds is 1. The second kappa shape index (κ2) is 4.30. The van der Waals surface area contributed by atoms with E-state index in [2.05, 4.69) is 4.98 Å². The third kappa shape index (κ3) is 1.74. The molecule has 2 aliphatic heterocycles. The molecule has 104 valence electrons. The molecule has 1 aromatic heterocycles. The van der Waals surface area contributed by atoms with Gasteiger partial charge in [0.2, 0.25) is 0 Å². The van der Waals surface area contributed by atoms with Gasteiger partial charge in [0.15, 0.2) is 0 Å². The summed E-state index contributed by atoms with van der Waals surface area (Å²) < 4.78 is 10.1. The number of carbonyl (C=O) groups excluding carboxylic acids is 2. The first-order valence-electron chi connectivity index (χ1n) is 6.31. The normalized spacial score (nSPS) is 15.5. The molecule has 4 rings (SSSR count). The first-order valence-corrected chi connectivity index (χ1v) is 6.69. The molecule has 0 radical (unpaired) electrons. The Morgan fingerprint density at radius 3 is 1.90 bits per heavy atom. The molecule has 0 bridgehead atoms. The van der Waals surface area contributed by atoms with Crippen molar-refractivity contribution in [2.75, 3.05) is 0 Å². The fourth-order valence-corrected chi connectivity index (χ4v) is 2.78. The van der Waals surface area contributed by atoms with E-state index in [1.165, 1.54) is 0 Å². The highest BCUT2D eigenvalue weighted by Gasteiger charge is 2.36. The summed E-state index contributed by atoms with van der Waals surface area (Å²) in [6.07, 6.45) is 0. The highest BCUT2D eigenvalue weighted by Crippen LogP contribution is 2.38. The van der Waals surface area contributed by atoms with Crippen LogP contribution in [-0.2, 0) is 22.7 Å². The number of nitrogens with zero attached hydrogens (tertiary/aromatic N) is 1. The van der Waals surface area contributed by atoms with E-state index in [0.29, 0.717) is 38.7 Å². The molecule has 0 fully saturated rings. The van der Waals surface area contributed by atoms with Crippen LogP contribution in [-0.4, -0.2) is 16.9 Å². The average Bonchev–Trinajstić information content (AvgIpc) is 3.03. The van der Waals surface area contributed by atoms with Gasteiger partial charge in [0.25, 0.3) is 0 Å². The maximum Gasteiger partial charge on any atom is 0.341 e. The van der Waals surface area contributed by atoms with E-state index in [4.69, 9.17) is 21.1 Å². The monoisotopic (exact) mass is 301 g/mol. The Bertz CT molecular complexity index is 756. The van der Waals surface area contributed by atoms with Crippen LogP contribution in [0.2, 0.25) is 5.02 Å². The first kappa shape index (κ1) is 12.3. The van der Waals surface area contributed by atoms with Crippen molar-refractivity contribution < 1.29 is 19.1 Å². The topological polar surface area (TPSA) is 65.5 Å². The van der Waals surface area contributed by atoms with Crippen molar-refractivity contribution in [2.24, 2.45) is 0 Å². The minimum atomic E-state index is -0.468. The van der Waals surface area contributed by atoms with E-state index in [-0.39, 0.29) is 13.2 Å². The lowest BCUT2D eigenvalue weighted by atomic mass is 9.93. The van der Waals surface area contributed by atoms with Gasteiger partial charge in [-0.3, -0.25) is 0 Å². The van der Waals surface area contributed by atoms with Gasteiger partial charge < -0.3 is 9.47 Å². The number of benzene rings is 1. The van der Waals surface area contributed by atoms with Crippen LogP contribution >= 0.6 is 11.6 Å². The van der Waals surface area contributed by atoms with Gasteiger partial charge >= 0.3 is 11.9 Å². The summed E-state index contributed by atoms with van der Waals surface area (Å²) in [5.41, 5.74) is 3.01. The SMILES string of the molecule is O=C1OCc2nc3c(c(-c4ccc(Cl)cc4)c21)C(=O)OC3. The van der Waals surface area contributed by atoms with Crippen molar-refractivity contribution in [1.29, 1.82) is 0 Å². The summed E-state index contributed by atoms with van der Waals surface area (Å²) >= 11 is 5.90. The van der Waals surface area contributed by atoms with Gasteiger partial charge in [0, 0.05) is 10.6 Å². The number of ether oxygens (including phenoxy) is 2. The Morgan fingerprint density at radius 2 is 1.38 bits per heavy atom. The number of hydrogen-bond donors (Lipinski definition) is 0. The quantitative estimate of drug-likeness (QED) is 0.758. The van der Waals surface area contributed by atoms with Crippen LogP contribution in [0.15, 0.2) is 24.3 Å². The van der Waals surface area contributed by atoms with Crippen LogP contribution in [0.25, 0.3) is 11.1 Å². The zero-order valence-electron chi connectivity index (χ0n) is 10.7. The number of hydrogen-bond acceptors (Lipinski definition) is 5. The zero-order valence-corrected chi connectivity index (χ0v) is 11.4. The van der Waals surface area contributed by atoms with Crippen molar-refractivity contribution in [3.8, 4) is 11.1 Å². The van der Waals surface area contributed by atoms with E-state index in [1.807, 2.05) is 0 Å². The Balaban J connectivity index is 2.07. The van der Waals surface area contributed by atoms with Crippen LogP contribution < -0.4 is 0 Å². The summed E-state index contributed by atoms with van der Waals surface area (Å²) in [5.74, 6) is -0.935. The van der Waals surface area contributed by atoms with Gasteiger partial charge in [0.1, 0.15) is 13.2 Å². The predicted octanol–water partition coefficient (Wildman–Crippen LogP) is 2.74. The van der Waals surface area contributed by atoms with Crippen LogP contribution in [0.1, 0.15) is 32.1 Å². The Kier molecular flexibility index (Phi) is 2.53. The lowest BCUT2D eigenvalue weighted by Crippen LogP contribution is -2.07. The highest BCUT2D eigenvalue weighted by atomic mass is 35.5. The molecular formula is C15H8ClNO4. The van der Waals surface area contributed by atoms with Gasteiger partial charge in [-0.05, 0) is 17.7 Å². The van der Waals surface area contributed by atoms with Gasteiger partial charge in [-0.1, -0.05) is 23.7 Å². The number of cyclic esters (lactones) is 2. The fraction of sp³-hybridized carbons (Fsp3) is 0.133. The molecule has 0 atom stereocenters. The molecule has 3 heterocycles. The van der Waals surface area contributed by atoms with E-state index in [9.17, 15) is 9.59 Å². The van der Waals surface area contributed by atoms with Crippen molar-refractivity contribution in [2.45, 2.75) is 13.2 Å². The molecule has 0 spiro atoms. The molecule has 0 unspecified atom stereocenters. The lowest BCUT2D eigenvalue weighted by Gasteiger charge is -2.09. The molecule has 0 amide bonds. The van der Waals surface area contributed by atoms with E-state index >= 15 is 0 Å². The van der Waals surface area contributed by atoms with Gasteiger partial charge in [-0.25, -0.2) is 14.6 Å². The van der Waals surface area contributed by atoms with Crippen LogP contribution in [0.3, 0.4) is 0 Å². The van der Waals surface area contributed by atoms with Crippen molar-refractivity contribution in [3.05, 3.63) is 51.8 Å². The smallest absolute Gasteiger partial charge is 0.341 e. The standard InChI is InChI=1S/C15H8ClNO4/c16-8-3-1-7(2-4-8)11-12-9(5-20-14(12)18)17-10-6-21-15(19)13(10)11/h1-4H,5-6H2. The molecular weight excluding hydrogens is 294 g/mol. The minimum absolute atomic E-state index is 0.121. The molecule has 2 aromatic rings. The number of carbonyl (C=O) groups is 2. The van der Waals surface area contributed by atoms with Crippen LogP contribution in [0.5, 0.6) is 0 Å². The first-order chi connectivity index (χ1) is 10.1. The maximum absolute atomic E-state index is 12.0. The Morgan fingerprint density at radius 1 is 0.857 bits per heavy atom. The summed E-state index contributed by atoms with van der Waals surface area (Å²) in [6.45, 7) is 0.243.